The first-order valence-electron chi connectivity index (χ1n) is 3.92. The van der Waals surface area contributed by atoms with Gasteiger partial charge in [0.1, 0.15) is 6.29 Å². The van der Waals surface area contributed by atoms with Crippen LogP contribution >= 0.6 is 0 Å². The molecule has 0 amide bonds. The van der Waals surface area contributed by atoms with E-state index in [4.69, 9.17) is 0 Å². The minimum absolute atomic E-state index is 0.156. The summed E-state index contributed by atoms with van der Waals surface area (Å²) in [5.41, 5.74) is 0. The highest BCUT2D eigenvalue weighted by Crippen LogP contribution is 1.98. The number of rotatable bonds is 6. The van der Waals surface area contributed by atoms with Gasteiger partial charge >= 0.3 is 5.97 Å². The average Bonchev–Trinajstić information content (AvgIpc) is 2.14. The predicted molar refractivity (Wildman–Crippen MR) is 46.1 cm³/mol. The van der Waals surface area contributed by atoms with Gasteiger partial charge in [-0.15, -0.1) is 0 Å². The van der Waals surface area contributed by atoms with Crippen molar-refractivity contribution >= 4 is 18.0 Å². The zero-order valence-electron chi connectivity index (χ0n) is 7.49. The summed E-state index contributed by atoms with van der Waals surface area (Å²) in [5, 5.41) is 0. The molecule has 0 fully saturated rings. The summed E-state index contributed by atoms with van der Waals surface area (Å²) >= 11 is 0. The first kappa shape index (κ1) is 11.6. The van der Waals surface area contributed by atoms with Crippen LogP contribution in [0, 0.1) is 0 Å². The normalized spacial score (nSPS) is 9.92. The zero-order chi connectivity index (χ0) is 10.1. The summed E-state index contributed by atoms with van der Waals surface area (Å²) in [6.07, 6.45) is 3.83. The molecule has 0 N–H and O–H groups in total. The van der Waals surface area contributed by atoms with Crippen LogP contribution in [0.15, 0.2) is 12.2 Å². The van der Waals surface area contributed by atoms with E-state index in [1.54, 1.807) is 0 Å². The number of carbonyl (C=O) groups is 3. The van der Waals surface area contributed by atoms with Gasteiger partial charge in [0.2, 0.25) is 0 Å². The van der Waals surface area contributed by atoms with Crippen LogP contribution in [-0.4, -0.2) is 25.1 Å². The fraction of sp³-hybridized carbons (Fsp3) is 0.444. The molecule has 4 heteroatoms. The SMILES string of the molecule is COC(=O)CCCC(=O)/C=C/C=O. The van der Waals surface area contributed by atoms with Gasteiger partial charge in [-0.25, -0.2) is 0 Å². The first-order valence-corrected chi connectivity index (χ1v) is 3.92. The maximum absolute atomic E-state index is 10.9. The van der Waals surface area contributed by atoms with Crippen LogP contribution in [0.5, 0.6) is 0 Å². The lowest BCUT2D eigenvalue weighted by Gasteiger charge is -1.96. The topological polar surface area (TPSA) is 60.4 Å². The highest BCUT2D eigenvalue weighted by atomic mass is 16.5. The molecule has 0 aliphatic carbocycles. The third-order valence-electron chi connectivity index (χ3n) is 1.39. The molecule has 0 saturated carbocycles. The molecule has 0 bridgehead atoms. The summed E-state index contributed by atoms with van der Waals surface area (Å²) in [5.74, 6) is -0.483. The Morgan fingerprint density at radius 2 is 2.00 bits per heavy atom. The monoisotopic (exact) mass is 184 g/mol. The molecule has 0 rings (SSSR count). The lowest BCUT2D eigenvalue weighted by Crippen LogP contribution is -2.01. The van der Waals surface area contributed by atoms with Crippen LogP contribution in [0.25, 0.3) is 0 Å². The Kier molecular flexibility index (Phi) is 6.41. The molecule has 0 radical (unpaired) electrons. The van der Waals surface area contributed by atoms with E-state index in [9.17, 15) is 14.4 Å². The van der Waals surface area contributed by atoms with Gasteiger partial charge in [0.25, 0.3) is 0 Å². The predicted octanol–water partition coefficient (Wildman–Crippen LogP) is 0.654. The van der Waals surface area contributed by atoms with Gasteiger partial charge in [-0.05, 0) is 18.6 Å². The summed E-state index contributed by atoms with van der Waals surface area (Å²) in [6, 6.07) is 0. The van der Waals surface area contributed by atoms with E-state index < -0.39 is 0 Å². The molecule has 0 aromatic carbocycles. The second-order valence-electron chi connectivity index (χ2n) is 2.39. The molecule has 0 heterocycles. The second-order valence-corrected chi connectivity index (χ2v) is 2.39. The van der Waals surface area contributed by atoms with Crippen molar-refractivity contribution in [3.8, 4) is 0 Å². The highest BCUT2D eigenvalue weighted by molar-refractivity contribution is 5.92. The van der Waals surface area contributed by atoms with Crippen LogP contribution in [0.4, 0.5) is 0 Å². The standard InChI is InChI=1S/C9H12O4/c1-13-9(12)6-2-4-8(11)5-3-7-10/h3,5,7H,2,4,6H2,1H3/b5-3+. The largest absolute Gasteiger partial charge is 0.469 e. The van der Waals surface area contributed by atoms with E-state index >= 15 is 0 Å². The van der Waals surface area contributed by atoms with Gasteiger partial charge in [-0.3, -0.25) is 14.4 Å². The number of ether oxygens (including phenoxy) is 1. The maximum atomic E-state index is 10.9. The van der Waals surface area contributed by atoms with Crippen LogP contribution in [0.3, 0.4) is 0 Å². The Hall–Kier alpha value is -1.45. The molecule has 0 aromatic heterocycles. The van der Waals surface area contributed by atoms with E-state index in [1.807, 2.05) is 0 Å². The van der Waals surface area contributed by atoms with Crippen molar-refractivity contribution in [1.82, 2.24) is 0 Å². The fourth-order valence-electron chi connectivity index (χ4n) is 0.739. The van der Waals surface area contributed by atoms with Gasteiger partial charge in [-0.1, -0.05) is 0 Å². The lowest BCUT2D eigenvalue weighted by molar-refractivity contribution is -0.140. The van der Waals surface area contributed by atoms with E-state index in [0.29, 0.717) is 12.7 Å². The van der Waals surface area contributed by atoms with Crippen LogP contribution < -0.4 is 0 Å². The van der Waals surface area contributed by atoms with Crippen molar-refractivity contribution in [2.24, 2.45) is 0 Å². The van der Waals surface area contributed by atoms with Crippen molar-refractivity contribution in [2.45, 2.75) is 19.3 Å². The molecule has 13 heavy (non-hydrogen) atoms. The second kappa shape index (κ2) is 7.21. The van der Waals surface area contributed by atoms with Gasteiger partial charge in [0, 0.05) is 12.8 Å². The van der Waals surface area contributed by atoms with Crippen molar-refractivity contribution in [3.05, 3.63) is 12.2 Å². The molecule has 0 aliphatic heterocycles. The Balaban J connectivity index is 3.53. The third-order valence-corrected chi connectivity index (χ3v) is 1.39. The minimum Gasteiger partial charge on any atom is -0.469 e. The summed E-state index contributed by atoms with van der Waals surface area (Å²) in [6.45, 7) is 0. The molecule has 0 aromatic rings. The van der Waals surface area contributed by atoms with Gasteiger partial charge in [0.05, 0.1) is 7.11 Å². The number of carbonyl (C=O) groups excluding carboxylic acids is 3. The molecule has 0 atom stereocenters. The number of hydrogen-bond donors (Lipinski definition) is 0. The number of methoxy groups -OCH3 is 1. The quantitative estimate of drug-likeness (QED) is 0.345. The van der Waals surface area contributed by atoms with Crippen molar-refractivity contribution < 1.29 is 19.1 Å². The Bertz CT molecular complexity index is 218. The van der Waals surface area contributed by atoms with Crippen molar-refractivity contribution in [2.75, 3.05) is 7.11 Å². The fourth-order valence-corrected chi connectivity index (χ4v) is 0.739. The smallest absolute Gasteiger partial charge is 0.305 e. The van der Waals surface area contributed by atoms with E-state index in [2.05, 4.69) is 4.74 Å². The van der Waals surface area contributed by atoms with Crippen LogP contribution in [0.1, 0.15) is 19.3 Å². The maximum Gasteiger partial charge on any atom is 0.305 e. The third kappa shape index (κ3) is 6.93. The van der Waals surface area contributed by atoms with Crippen LogP contribution in [0.2, 0.25) is 0 Å². The zero-order valence-corrected chi connectivity index (χ0v) is 7.49. The molecule has 4 nitrogen and oxygen atoms in total. The molecular weight excluding hydrogens is 172 g/mol. The van der Waals surface area contributed by atoms with Crippen molar-refractivity contribution in [1.29, 1.82) is 0 Å². The summed E-state index contributed by atoms with van der Waals surface area (Å²) in [7, 11) is 1.30. The number of esters is 1. The van der Waals surface area contributed by atoms with Gasteiger partial charge in [0.15, 0.2) is 5.78 Å². The average molecular weight is 184 g/mol. The summed E-state index contributed by atoms with van der Waals surface area (Å²) in [4.78, 5) is 31.3. The highest BCUT2D eigenvalue weighted by Gasteiger charge is 2.01. The van der Waals surface area contributed by atoms with Crippen LogP contribution in [-0.2, 0) is 19.1 Å². The van der Waals surface area contributed by atoms with Gasteiger partial charge in [-0.2, -0.15) is 0 Å². The molecular formula is C9H12O4. The Morgan fingerprint density at radius 3 is 2.54 bits per heavy atom. The van der Waals surface area contributed by atoms with Crippen molar-refractivity contribution in [3.63, 3.8) is 0 Å². The van der Waals surface area contributed by atoms with E-state index in [0.717, 1.165) is 6.08 Å². The summed E-state index contributed by atoms with van der Waals surface area (Å²) < 4.78 is 4.39. The molecule has 0 saturated heterocycles. The Morgan fingerprint density at radius 1 is 1.31 bits per heavy atom. The van der Waals surface area contributed by atoms with Gasteiger partial charge < -0.3 is 4.74 Å². The Labute approximate surface area is 76.6 Å². The van der Waals surface area contributed by atoms with E-state index in [1.165, 1.54) is 13.2 Å². The number of aldehydes is 1. The molecule has 0 unspecified atom stereocenters. The molecule has 0 aliphatic rings. The first-order chi connectivity index (χ1) is 6.20. The molecule has 72 valence electrons. The molecule has 0 spiro atoms. The number of ketones is 1. The lowest BCUT2D eigenvalue weighted by atomic mass is 10.2. The number of allylic oxidation sites excluding steroid dienone is 2. The van der Waals surface area contributed by atoms with E-state index in [-0.39, 0.29) is 24.6 Å². The minimum atomic E-state index is -0.327. The number of hydrogen-bond acceptors (Lipinski definition) is 4.